The van der Waals surface area contributed by atoms with E-state index >= 15 is 0 Å². The van der Waals surface area contributed by atoms with Crippen molar-refractivity contribution in [3.63, 3.8) is 0 Å². The maximum Gasteiger partial charge on any atom is 0.319 e. The average molecular weight is 309 g/mol. The first-order valence-corrected chi connectivity index (χ1v) is 8.94. The second kappa shape index (κ2) is 10.5. The molecule has 0 saturated carbocycles. The first-order chi connectivity index (χ1) is 10.2. The van der Waals surface area contributed by atoms with Crippen LogP contribution in [-0.2, 0) is 0 Å². The highest BCUT2D eigenvalue weighted by Gasteiger charge is 2.06. The number of hydrogen-bond donors (Lipinski definition) is 3. The highest BCUT2D eigenvalue weighted by molar-refractivity contribution is 7.98. The average Bonchev–Trinajstić information content (AvgIpc) is 2.49. The highest BCUT2D eigenvalue weighted by atomic mass is 32.2. The Bertz CT molecular complexity index is 426. The minimum absolute atomic E-state index is 0.137. The predicted octanol–water partition coefficient (Wildman–Crippen LogP) is 3.62. The van der Waals surface area contributed by atoms with Crippen molar-refractivity contribution in [1.29, 1.82) is 0 Å². The van der Waals surface area contributed by atoms with Crippen LogP contribution in [0.4, 0.5) is 10.5 Å². The van der Waals surface area contributed by atoms with Gasteiger partial charge in [-0.3, -0.25) is 0 Å². The number of benzene rings is 1. The minimum atomic E-state index is -0.137. The van der Waals surface area contributed by atoms with E-state index < -0.39 is 0 Å². The molecular formula is C16H27N3OS. The topological polar surface area (TPSA) is 53.2 Å². The van der Waals surface area contributed by atoms with Gasteiger partial charge >= 0.3 is 6.03 Å². The first-order valence-electron chi connectivity index (χ1n) is 7.54. The number of carbonyl (C=O) groups is 1. The minimum Gasteiger partial charge on any atom is -0.338 e. The van der Waals surface area contributed by atoms with Crippen molar-refractivity contribution in [3.05, 3.63) is 29.8 Å². The van der Waals surface area contributed by atoms with Gasteiger partial charge in [0.2, 0.25) is 0 Å². The zero-order valence-electron chi connectivity index (χ0n) is 13.2. The molecule has 2 amide bonds. The van der Waals surface area contributed by atoms with E-state index in [1.54, 1.807) is 11.8 Å². The molecule has 1 atom stereocenters. The van der Waals surface area contributed by atoms with Gasteiger partial charge in [-0.05, 0) is 56.0 Å². The molecule has 1 rings (SSSR count). The third-order valence-corrected chi connectivity index (χ3v) is 3.85. The molecule has 0 saturated heterocycles. The third kappa shape index (κ3) is 7.39. The van der Waals surface area contributed by atoms with E-state index in [2.05, 4.69) is 42.1 Å². The maximum atomic E-state index is 11.8. The lowest BCUT2D eigenvalue weighted by Crippen LogP contribution is -2.29. The summed E-state index contributed by atoms with van der Waals surface area (Å²) in [5.41, 5.74) is 2.02. The summed E-state index contributed by atoms with van der Waals surface area (Å²) in [5, 5.41) is 9.20. The lowest BCUT2D eigenvalue weighted by atomic mass is 10.1. The fourth-order valence-corrected chi connectivity index (χ4v) is 2.39. The van der Waals surface area contributed by atoms with Crippen molar-refractivity contribution < 1.29 is 4.79 Å². The Hall–Kier alpha value is -1.20. The van der Waals surface area contributed by atoms with Gasteiger partial charge in [-0.2, -0.15) is 11.8 Å². The van der Waals surface area contributed by atoms with Crippen LogP contribution in [-0.4, -0.2) is 31.1 Å². The van der Waals surface area contributed by atoms with E-state index in [-0.39, 0.29) is 12.1 Å². The fourth-order valence-electron chi connectivity index (χ4n) is 1.96. The van der Waals surface area contributed by atoms with Crippen LogP contribution in [0.1, 0.15) is 38.3 Å². The van der Waals surface area contributed by atoms with Crippen molar-refractivity contribution >= 4 is 23.5 Å². The quantitative estimate of drug-likeness (QED) is 0.611. The second-order valence-electron chi connectivity index (χ2n) is 5.03. The molecule has 5 heteroatoms. The van der Waals surface area contributed by atoms with Gasteiger partial charge in [0.15, 0.2) is 0 Å². The summed E-state index contributed by atoms with van der Waals surface area (Å²) >= 11 is 1.79. The summed E-state index contributed by atoms with van der Waals surface area (Å²) in [7, 11) is 0. The Kier molecular flexibility index (Phi) is 8.94. The molecule has 21 heavy (non-hydrogen) atoms. The summed E-state index contributed by atoms with van der Waals surface area (Å²) in [4.78, 5) is 11.8. The van der Waals surface area contributed by atoms with Crippen LogP contribution in [0.3, 0.4) is 0 Å². The van der Waals surface area contributed by atoms with Crippen molar-refractivity contribution in [3.8, 4) is 0 Å². The number of hydrogen-bond acceptors (Lipinski definition) is 3. The van der Waals surface area contributed by atoms with Crippen molar-refractivity contribution in [1.82, 2.24) is 10.6 Å². The van der Waals surface area contributed by atoms with Gasteiger partial charge in [-0.15, -0.1) is 0 Å². The van der Waals surface area contributed by atoms with E-state index in [1.807, 2.05) is 18.2 Å². The molecule has 1 aromatic rings. The number of nitrogens with one attached hydrogen (secondary N) is 3. The number of thioether (sulfide) groups is 1. The molecule has 0 aliphatic carbocycles. The molecule has 0 aromatic heterocycles. The summed E-state index contributed by atoms with van der Waals surface area (Å²) in [5.74, 6) is 1.07. The zero-order valence-corrected chi connectivity index (χ0v) is 14.1. The Morgan fingerprint density at radius 3 is 2.86 bits per heavy atom. The molecule has 4 nitrogen and oxygen atoms in total. The van der Waals surface area contributed by atoms with E-state index in [0.717, 1.165) is 30.8 Å². The van der Waals surface area contributed by atoms with E-state index in [0.29, 0.717) is 6.54 Å². The van der Waals surface area contributed by atoms with Crippen LogP contribution in [0.25, 0.3) is 0 Å². The van der Waals surface area contributed by atoms with Crippen molar-refractivity contribution in [2.24, 2.45) is 0 Å². The first kappa shape index (κ1) is 17.9. The Balaban J connectivity index is 2.46. The van der Waals surface area contributed by atoms with Crippen LogP contribution in [0.5, 0.6) is 0 Å². The summed E-state index contributed by atoms with van der Waals surface area (Å²) in [6, 6.07) is 8.14. The lowest BCUT2D eigenvalue weighted by Gasteiger charge is -2.15. The summed E-state index contributed by atoms with van der Waals surface area (Å²) in [6.07, 6.45) is 4.17. The maximum absolute atomic E-state index is 11.8. The highest BCUT2D eigenvalue weighted by Crippen LogP contribution is 2.17. The number of anilines is 1. The van der Waals surface area contributed by atoms with E-state index in [1.165, 1.54) is 5.56 Å². The Labute approximate surface area is 132 Å². The van der Waals surface area contributed by atoms with Gasteiger partial charge in [0, 0.05) is 18.3 Å². The third-order valence-electron chi connectivity index (χ3n) is 3.16. The van der Waals surface area contributed by atoms with Gasteiger partial charge in [0.05, 0.1) is 0 Å². The van der Waals surface area contributed by atoms with Crippen LogP contribution in [0.15, 0.2) is 24.3 Å². The summed E-state index contributed by atoms with van der Waals surface area (Å²) in [6.45, 7) is 5.99. The van der Waals surface area contributed by atoms with Gasteiger partial charge in [0.25, 0.3) is 0 Å². The van der Waals surface area contributed by atoms with Crippen molar-refractivity contribution in [2.75, 3.05) is 30.4 Å². The van der Waals surface area contributed by atoms with Gasteiger partial charge < -0.3 is 16.0 Å². The van der Waals surface area contributed by atoms with Crippen LogP contribution in [0.2, 0.25) is 0 Å². The molecule has 0 fully saturated rings. The van der Waals surface area contributed by atoms with E-state index in [9.17, 15) is 4.79 Å². The predicted molar refractivity (Wildman–Crippen MR) is 93.2 cm³/mol. The molecule has 0 radical (unpaired) electrons. The smallest absolute Gasteiger partial charge is 0.319 e. The molecule has 0 bridgehead atoms. The van der Waals surface area contributed by atoms with E-state index in [4.69, 9.17) is 0 Å². The van der Waals surface area contributed by atoms with Crippen LogP contribution < -0.4 is 16.0 Å². The zero-order chi connectivity index (χ0) is 15.5. The van der Waals surface area contributed by atoms with Gasteiger partial charge in [-0.25, -0.2) is 4.79 Å². The monoisotopic (exact) mass is 309 g/mol. The second-order valence-corrected chi connectivity index (χ2v) is 6.01. The lowest BCUT2D eigenvalue weighted by molar-refractivity contribution is 0.252. The molecular weight excluding hydrogens is 282 g/mol. The normalized spacial score (nSPS) is 12.0. The van der Waals surface area contributed by atoms with Crippen LogP contribution >= 0.6 is 11.8 Å². The largest absolute Gasteiger partial charge is 0.338 e. The number of carbonyl (C=O) groups excluding carboxylic acids is 1. The van der Waals surface area contributed by atoms with Gasteiger partial charge in [-0.1, -0.05) is 19.1 Å². The molecule has 0 heterocycles. The molecule has 1 unspecified atom stereocenters. The molecule has 118 valence electrons. The molecule has 1 aromatic carbocycles. The Morgan fingerprint density at radius 1 is 1.33 bits per heavy atom. The molecule has 0 aliphatic rings. The standard InChI is InChI=1S/C16H27N3OS/c1-4-9-17-13(2)14-7-5-8-15(12-14)19-16(20)18-10-6-11-21-3/h5,7-8,12-13,17H,4,6,9-11H2,1-3H3,(H2,18,19,20). The molecule has 0 aliphatic heterocycles. The SMILES string of the molecule is CCCNC(C)c1cccc(NC(=O)NCCCSC)c1. The number of amides is 2. The van der Waals surface area contributed by atoms with Crippen LogP contribution in [0, 0.1) is 0 Å². The fraction of sp³-hybridized carbons (Fsp3) is 0.562. The van der Waals surface area contributed by atoms with Gasteiger partial charge in [0.1, 0.15) is 0 Å². The number of urea groups is 1. The molecule has 3 N–H and O–H groups in total. The Morgan fingerprint density at radius 2 is 2.14 bits per heavy atom. The van der Waals surface area contributed by atoms with Crippen molar-refractivity contribution in [2.45, 2.75) is 32.7 Å². The number of rotatable bonds is 9. The summed E-state index contributed by atoms with van der Waals surface area (Å²) < 4.78 is 0. The molecule has 0 spiro atoms.